The zero-order chi connectivity index (χ0) is 9.42. The largest absolute Gasteiger partial charge is 0.295 e. The topological polar surface area (TPSA) is 17.3 Å². The number of rotatable bonds is 1. The Hall–Kier alpha value is -0.580. The number of pyridine rings is 1. The molecular formula is C10H11IN2. The Morgan fingerprint density at radius 3 is 2.77 bits per heavy atom. The molecule has 0 atom stereocenters. The van der Waals surface area contributed by atoms with Crippen LogP contribution in [0.1, 0.15) is 25.5 Å². The summed E-state index contributed by atoms with van der Waals surface area (Å²) in [4.78, 5) is 4.57. The van der Waals surface area contributed by atoms with E-state index in [1.165, 1.54) is 9.39 Å². The standard InChI is InChI=1S/C10H11IN2/c1-7(2)9-10(11)13-6-4-3-5-8(13)12-9/h3-7H,1-2H3. The lowest BCUT2D eigenvalue weighted by molar-refractivity contribution is 0.825. The highest BCUT2D eigenvalue weighted by molar-refractivity contribution is 14.1. The third-order valence-corrected chi connectivity index (χ3v) is 3.12. The first-order valence-electron chi connectivity index (χ1n) is 4.32. The summed E-state index contributed by atoms with van der Waals surface area (Å²) in [5.74, 6) is 0.492. The molecule has 0 aliphatic carbocycles. The zero-order valence-corrected chi connectivity index (χ0v) is 9.82. The van der Waals surface area contributed by atoms with Crippen molar-refractivity contribution in [1.29, 1.82) is 0 Å². The van der Waals surface area contributed by atoms with Crippen molar-refractivity contribution in [3.05, 3.63) is 33.8 Å². The summed E-state index contributed by atoms with van der Waals surface area (Å²) in [7, 11) is 0. The highest BCUT2D eigenvalue weighted by Gasteiger charge is 2.11. The fourth-order valence-corrected chi connectivity index (χ4v) is 2.50. The summed E-state index contributed by atoms with van der Waals surface area (Å²) in [5.41, 5.74) is 2.22. The second kappa shape index (κ2) is 3.29. The summed E-state index contributed by atoms with van der Waals surface area (Å²) in [6.45, 7) is 4.34. The van der Waals surface area contributed by atoms with Gasteiger partial charge in [-0.15, -0.1) is 0 Å². The lowest BCUT2D eigenvalue weighted by atomic mass is 10.2. The van der Waals surface area contributed by atoms with E-state index < -0.39 is 0 Å². The molecule has 0 N–H and O–H groups in total. The van der Waals surface area contributed by atoms with E-state index in [2.05, 4.69) is 52.0 Å². The Morgan fingerprint density at radius 2 is 2.15 bits per heavy atom. The minimum absolute atomic E-state index is 0.492. The molecule has 2 heterocycles. The Morgan fingerprint density at radius 1 is 1.38 bits per heavy atom. The van der Waals surface area contributed by atoms with Crippen molar-refractivity contribution in [2.45, 2.75) is 19.8 Å². The van der Waals surface area contributed by atoms with E-state index in [1.807, 2.05) is 18.2 Å². The molecule has 0 saturated carbocycles. The van der Waals surface area contributed by atoms with E-state index in [4.69, 9.17) is 0 Å². The average Bonchev–Trinajstić information content (AvgIpc) is 2.45. The molecule has 2 aromatic rings. The van der Waals surface area contributed by atoms with Gasteiger partial charge in [-0.25, -0.2) is 4.98 Å². The van der Waals surface area contributed by atoms with Gasteiger partial charge in [-0.2, -0.15) is 0 Å². The average molecular weight is 286 g/mol. The molecule has 2 nitrogen and oxygen atoms in total. The van der Waals surface area contributed by atoms with Crippen LogP contribution >= 0.6 is 22.6 Å². The normalized spacial score (nSPS) is 11.4. The summed E-state index contributed by atoms with van der Waals surface area (Å²) >= 11 is 2.35. The summed E-state index contributed by atoms with van der Waals surface area (Å²) < 4.78 is 3.35. The first-order chi connectivity index (χ1) is 6.20. The van der Waals surface area contributed by atoms with Crippen LogP contribution in [0.3, 0.4) is 0 Å². The number of halogens is 1. The minimum atomic E-state index is 0.492. The number of imidazole rings is 1. The predicted molar refractivity (Wildman–Crippen MR) is 62.0 cm³/mol. The molecule has 0 bridgehead atoms. The van der Waals surface area contributed by atoms with Gasteiger partial charge < -0.3 is 0 Å². The highest BCUT2D eigenvalue weighted by atomic mass is 127. The molecule has 13 heavy (non-hydrogen) atoms. The van der Waals surface area contributed by atoms with Crippen LogP contribution in [0.4, 0.5) is 0 Å². The molecule has 0 aliphatic rings. The van der Waals surface area contributed by atoms with Gasteiger partial charge in [-0.3, -0.25) is 4.40 Å². The molecule has 3 heteroatoms. The molecule has 2 rings (SSSR count). The Labute approximate surface area is 91.1 Å². The molecule has 68 valence electrons. The van der Waals surface area contributed by atoms with Crippen molar-refractivity contribution in [3.63, 3.8) is 0 Å². The first kappa shape index (κ1) is 8.99. The molecule has 0 aliphatic heterocycles. The predicted octanol–water partition coefficient (Wildman–Crippen LogP) is 3.06. The smallest absolute Gasteiger partial charge is 0.137 e. The fourth-order valence-electron chi connectivity index (χ4n) is 1.35. The molecule has 2 aromatic heterocycles. The van der Waals surface area contributed by atoms with Crippen molar-refractivity contribution in [2.75, 3.05) is 0 Å². The van der Waals surface area contributed by atoms with E-state index in [0.717, 1.165) is 5.65 Å². The second-order valence-corrected chi connectivity index (χ2v) is 4.39. The van der Waals surface area contributed by atoms with E-state index in [1.54, 1.807) is 0 Å². The SMILES string of the molecule is CC(C)c1nc2ccccn2c1I. The lowest BCUT2D eigenvalue weighted by Gasteiger charge is -1.99. The molecule has 0 fully saturated rings. The number of aromatic nitrogens is 2. The Bertz CT molecular complexity index is 431. The van der Waals surface area contributed by atoms with Gasteiger partial charge in [0, 0.05) is 6.20 Å². The number of nitrogens with zero attached hydrogens (tertiary/aromatic N) is 2. The van der Waals surface area contributed by atoms with E-state index in [0.29, 0.717) is 5.92 Å². The van der Waals surface area contributed by atoms with E-state index in [-0.39, 0.29) is 0 Å². The first-order valence-corrected chi connectivity index (χ1v) is 5.40. The van der Waals surface area contributed by atoms with Gasteiger partial charge in [-0.05, 0) is 40.6 Å². The molecule has 0 spiro atoms. The quantitative estimate of drug-likeness (QED) is 0.736. The molecule has 0 aromatic carbocycles. The number of hydrogen-bond acceptors (Lipinski definition) is 1. The van der Waals surface area contributed by atoms with Crippen LogP contribution in [0.15, 0.2) is 24.4 Å². The third-order valence-electron chi connectivity index (χ3n) is 2.04. The summed E-state index contributed by atoms with van der Waals surface area (Å²) in [6.07, 6.45) is 2.05. The van der Waals surface area contributed by atoms with Crippen LogP contribution < -0.4 is 0 Å². The van der Waals surface area contributed by atoms with Crippen LogP contribution in [0.25, 0.3) is 5.65 Å². The second-order valence-electron chi connectivity index (χ2n) is 3.37. The van der Waals surface area contributed by atoms with E-state index >= 15 is 0 Å². The minimum Gasteiger partial charge on any atom is -0.295 e. The monoisotopic (exact) mass is 286 g/mol. The third kappa shape index (κ3) is 1.45. The molecule has 0 unspecified atom stereocenters. The van der Waals surface area contributed by atoms with Crippen molar-refractivity contribution in [3.8, 4) is 0 Å². The van der Waals surface area contributed by atoms with Crippen molar-refractivity contribution >= 4 is 28.2 Å². The van der Waals surface area contributed by atoms with Gasteiger partial charge in [0.25, 0.3) is 0 Å². The van der Waals surface area contributed by atoms with Gasteiger partial charge in [0.15, 0.2) is 0 Å². The Kier molecular flexibility index (Phi) is 2.27. The summed E-state index contributed by atoms with van der Waals surface area (Å²) in [6, 6.07) is 6.08. The molecule has 0 saturated heterocycles. The van der Waals surface area contributed by atoms with Crippen LogP contribution in [-0.2, 0) is 0 Å². The molecule has 0 radical (unpaired) electrons. The van der Waals surface area contributed by atoms with Crippen LogP contribution in [0.2, 0.25) is 0 Å². The van der Waals surface area contributed by atoms with Crippen LogP contribution in [0.5, 0.6) is 0 Å². The van der Waals surface area contributed by atoms with Gasteiger partial charge in [-0.1, -0.05) is 19.9 Å². The number of fused-ring (bicyclic) bond motifs is 1. The molecule has 0 amide bonds. The van der Waals surface area contributed by atoms with Gasteiger partial charge in [0.2, 0.25) is 0 Å². The Balaban J connectivity index is 2.74. The van der Waals surface area contributed by atoms with Gasteiger partial charge in [0.1, 0.15) is 9.35 Å². The number of hydrogen-bond donors (Lipinski definition) is 0. The van der Waals surface area contributed by atoms with Crippen LogP contribution in [0, 0.1) is 3.70 Å². The van der Waals surface area contributed by atoms with Crippen LogP contribution in [-0.4, -0.2) is 9.38 Å². The maximum Gasteiger partial charge on any atom is 0.137 e. The fraction of sp³-hybridized carbons (Fsp3) is 0.300. The van der Waals surface area contributed by atoms with Crippen molar-refractivity contribution in [2.24, 2.45) is 0 Å². The lowest BCUT2D eigenvalue weighted by Crippen LogP contribution is -1.91. The summed E-state index contributed by atoms with van der Waals surface area (Å²) in [5, 5.41) is 0. The molecular weight excluding hydrogens is 275 g/mol. The maximum atomic E-state index is 4.57. The van der Waals surface area contributed by atoms with Gasteiger partial charge in [0.05, 0.1) is 5.69 Å². The highest BCUT2D eigenvalue weighted by Crippen LogP contribution is 2.21. The maximum absolute atomic E-state index is 4.57. The van der Waals surface area contributed by atoms with Gasteiger partial charge >= 0.3 is 0 Å². The van der Waals surface area contributed by atoms with Crippen molar-refractivity contribution < 1.29 is 0 Å². The van der Waals surface area contributed by atoms with E-state index in [9.17, 15) is 0 Å². The zero-order valence-electron chi connectivity index (χ0n) is 7.66. The van der Waals surface area contributed by atoms with Crippen molar-refractivity contribution in [1.82, 2.24) is 9.38 Å².